The van der Waals surface area contributed by atoms with Crippen LogP contribution in [0.3, 0.4) is 0 Å². The third kappa shape index (κ3) is 2.05. The number of aromatic nitrogens is 1. The molecule has 1 aromatic heterocycles. The minimum absolute atomic E-state index is 0.0924. The molecule has 0 amide bonds. The molecule has 0 bridgehead atoms. The number of nitrogens with two attached hydrogens (primary N) is 1. The molecule has 0 radical (unpaired) electrons. The standard InChI is InChI=1S/C11H11FN2OS/c1-6(13)10-5-14-11(16-10)8-3-2-7(15)4-9(8)12/h2-6,15H,13H2,1H3. The van der Waals surface area contributed by atoms with Gasteiger partial charge < -0.3 is 10.8 Å². The number of thiazole rings is 1. The van der Waals surface area contributed by atoms with Crippen molar-refractivity contribution in [2.45, 2.75) is 13.0 Å². The number of benzene rings is 1. The smallest absolute Gasteiger partial charge is 0.137 e. The monoisotopic (exact) mass is 238 g/mol. The number of hydrogen-bond acceptors (Lipinski definition) is 4. The van der Waals surface area contributed by atoms with Crippen LogP contribution >= 0.6 is 11.3 Å². The van der Waals surface area contributed by atoms with Crippen LogP contribution in [0.25, 0.3) is 10.6 Å². The Hall–Kier alpha value is -1.46. The number of phenolic OH excluding ortho intramolecular Hbond substituents is 1. The molecule has 5 heteroatoms. The van der Waals surface area contributed by atoms with Gasteiger partial charge in [0.15, 0.2) is 0 Å². The fraction of sp³-hybridized carbons (Fsp3) is 0.182. The Labute approximate surface area is 96.4 Å². The summed E-state index contributed by atoms with van der Waals surface area (Å²) in [4.78, 5) is 5.02. The normalized spacial score (nSPS) is 12.7. The topological polar surface area (TPSA) is 59.1 Å². The van der Waals surface area contributed by atoms with Crippen LogP contribution in [0, 0.1) is 5.82 Å². The lowest BCUT2D eigenvalue weighted by molar-refractivity contribution is 0.469. The molecule has 2 rings (SSSR count). The summed E-state index contributed by atoms with van der Waals surface area (Å²) in [6, 6.07) is 3.91. The lowest BCUT2D eigenvalue weighted by atomic mass is 10.2. The first-order valence-electron chi connectivity index (χ1n) is 4.78. The van der Waals surface area contributed by atoms with Gasteiger partial charge in [0, 0.05) is 28.7 Å². The summed E-state index contributed by atoms with van der Waals surface area (Å²) in [5, 5.41) is 9.67. The Kier molecular flexibility index (Phi) is 2.89. The van der Waals surface area contributed by atoms with Gasteiger partial charge in [-0.15, -0.1) is 11.3 Å². The van der Waals surface area contributed by atoms with E-state index >= 15 is 0 Å². The molecular formula is C11H11FN2OS. The van der Waals surface area contributed by atoms with Gasteiger partial charge in [0.05, 0.1) is 0 Å². The van der Waals surface area contributed by atoms with Gasteiger partial charge in [-0.05, 0) is 19.1 Å². The van der Waals surface area contributed by atoms with Crippen molar-refractivity contribution in [1.82, 2.24) is 4.98 Å². The molecule has 0 saturated carbocycles. The number of halogens is 1. The second-order valence-electron chi connectivity index (χ2n) is 3.52. The molecule has 1 heterocycles. The first kappa shape index (κ1) is 11.0. The highest BCUT2D eigenvalue weighted by atomic mass is 32.1. The van der Waals surface area contributed by atoms with Gasteiger partial charge in [-0.25, -0.2) is 9.37 Å². The highest BCUT2D eigenvalue weighted by molar-refractivity contribution is 7.15. The van der Waals surface area contributed by atoms with Crippen molar-refractivity contribution >= 4 is 11.3 Å². The Morgan fingerprint density at radius 3 is 2.81 bits per heavy atom. The van der Waals surface area contributed by atoms with Crippen molar-refractivity contribution in [1.29, 1.82) is 0 Å². The predicted molar refractivity (Wildman–Crippen MR) is 61.8 cm³/mol. The molecule has 0 aliphatic heterocycles. The molecule has 2 aromatic rings. The van der Waals surface area contributed by atoms with Gasteiger partial charge in [0.1, 0.15) is 16.6 Å². The van der Waals surface area contributed by atoms with Gasteiger partial charge in [-0.3, -0.25) is 0 Å². The summed E-state index contributed by atoms with van der Waals surface area (Å²) >= 11 is 1.36. The molecule has 3 N–H and O–H groups in total. The predicted octanol–water partition coefficient (Wildman–Crippen LogP) is 2.67. The molecule has 0 saturated heterocycles. The van der Waals surface area contributed by atoms with E-state index < -0.39 is 5.82 Å². The van der Waals surface area contributed by atoms with Crippen LogP contribution in [0.1, 0.15) is 17.8 Å². The summed E-state index contributed by atoms with van der Waals surface area (Å²) < 4.78 is 13.5. The maximum absolute atomic E-state index is 13.5. The van der Waals surface area contributed by atoms with Crippen LogP contribution in [0.4, 0.5) is 4.39 Å². The third-order valence-electron chi connectivity index (χ3n) is 2.16. The summed E-state index contributed by atoms with van der Waals surface area (Å²) in [6.45, 7) is 1.85. The molecule has 0 aliphatic rings. The number of nitrogens with zero attached hydrogens (tertiary/aromatic N) is 1. The molecule has 1 unspecified atom stereocenters. The van der Waals surface area contributed by atoms with Gasteiger partial charge in [-0.1, -0.05) is 0 Å². The highest BCUT2D eigenvalue weighted by Crippen LogP contribution is 2.30. The number of rotatable bonds is 2. The summed E-state index contributed by atoms with van der Waals surface area (Å²) in [6.07, 6.45) is 1.65. The van der Waals surface area contributed by atoms with Crippen molar-refractivity contribution in [3.8, 4) is 16.3 Å². The average Bonchev–Trinajstić information content (AvgIpc) is 2.66. The Morgan fingerprint density at radius 2 is 2.25 bits per heavy atom. The van der Waals surface area contributed by atoms with Crippen LogP contribution < -0.4 is 5.73 Å². The molecule has 16 heavy (non-hydrogen) atoms. The largest absolute Gasteiger partial charge is 0.508 e. The molecule has 0 fully saturated rings. The molecule has 0 spiro atoms. The second kappa shape index (κ2) is 4.19. The van der Waals surface area contributed by atoms with Crippen molar-refractivity contribution in [2.24, 2.45) is 5.73 Å². The van der Waals surface area contributed by atoms with E-state index in [0.717, 1.165) is 10.9 Å². The highest BCUT2D eigenvalue weighted by Gasteiger charge is 2.11. The molecule has 3 nitrogen and oxygen atoms in total. The molecule has 1 atom stereocenters. The first-order valence-corrected chi connectivity index (χ1v) is 5.60. The Balaban J connectivity index is 2.42. The lowest BCUT2D eigenvalue weighted by Crippen LogP contribution is -2.01. The second-order valence-corrected chi connectivity index (χ2v) is 4.58. The van der Waals surface area contributed by atoms with E-state index in [-0.39, 0.29) is 11.8 Å². The van der Waals surface area contributed by atoms with E-state index in [1.54, 1.807) is 6.20 Å². The maximum atomic E-state index is 13.5. The van der Waals surface area contributed by atoms with Crippen molar-refractivity contribution in [2.75, 3.05) is 0 Å². The van der Waals surface area contributed by atoms with E-state index in [1.807, 2.05) is 6.92 Å². The van der Waals surface area contributed by atoms with Crippen molar-refractivity contribution in [3.05, 3.63) is 35.1 Å². The first-order chi connectivity index (χ1) is 7.58. The average molecular weight is 238 g/mol. The van der Waals surface area contributed by atoms with Crippen molar-refractivity contribution in [3.63, 3.8) is 0 Å². The van der Waals surface area contributed by atoms with Gasteiger partial charge in [0.2, 0.25) is 0 Å². The van der Waals surface area contributed by atoms with E-state index in [1.165, 1.54) is 23.5 Å². The molecule has 0 aliphatic carbocycles. The quantitative estimate of drug-likeness (QED) is 0.845. The number of phenols is 1. The van der Waals surface area contributed by atoms with Crippen LogP contribution in [0.2, 0.25) is 0 Å². The van der Waals surface area contributed by atoms with Crippen LogP contribution in [-0.4, -0.2) is 10.1 Å². The van der Waals surface area contributed by atoms with Crippen molar-refractivity contribution < 1.29 is 9.50 Å². The number of hydrogen-bond donors (Lipinski definition) is 2. The minimum atomic E-state index is -0.481. The van der Waals surface area contributed by atoms with Gasteiger partial charge in [0.25, 0.3) is 0 Å². The third-order valence-corrected chi connectivity index (χ3v) is 3.39. The zero-order valence-corrected chi connectivity index (χ0v) is 9.46. The summed E-state index contributed by atoms with van der Waals surface area (Å²) in [7, 11) is 0. The zero-order valence-electron chi connectivity index (χ0n) is 8.64. The minimum Gasteiger partial charge on any atom is -0.508 e. The maximum Gasteiger partial charge on any atom is 0.137 e. The fourth-order valence-electron chi connectivity index (χ4n) is 1.30. The Bertz CT molecular complexity index is 510. The van der Waals surface area contributed by atoms with Crippen LogP contribution in [0.15, 0.2) is 24.4 Å². The molecular weight excluding hydrogens is 227 g/mol. The van der Waals surface area contributed by atoms with Gasteiger partial charge >= 0.3 is 0 Å². The van der Waals surface area contributed by atoms with E-state index in [2.05, 4.69) is 4.98 Å². The zero-order chi connectivity index (χ0) is 11.7. The SMILES string of the molecule is CC(N)c1cnc(-c2ccc(O)cc2F)s1. The summed E-state index contributed by atoms with van der Waals surface area (Å²) in [5.41, 5.74) is 6.09. The summed E-state index contributed by atoms with van der Waals surface area (Å²) in [5.74, 6) is -0.573. The van der Waals surface area contributed by atoms with E-state index in [4.69, 9.17) is 10.8 Å². The van der Waals surface area contributed by atoms with Crippen LogP contribution in [0.5, 0.6) is 5.75 Å². The molecule has 84 valence electrons. The van der Waals surface area contributed by atoms with Gasteiger partial charge in [-0.2, -0.15) is 0 Å². The number of aromatic hydroxyl groups is 1. The molecule has 1 aromatic carbocycles. The van der Waals surface area contributed by atoms with E-state index in [0.29, 0.717) is 10.6 Å². The lowest BCUT2D eigenvalue weighted by Gasteiger charge is -2.00. The van der Waals surface area contributed by atoms with Crippen LogP contribution in [-0.2, 0) is 0 Å². The Morgan fingerprint density at radius 1 is 1.50 bits per heavy atom. The van der Waals surface area contributed by atoms with E-state index in [9.17, 15) is 4.39 Å². The fourth-order valence-corrected chi connectivity index (χ4v) is 2.19.